The molecule has 0 bridgehead atoms. The zero-order chi connectivity index (χ0) is 33.7. The highest BCUT2D eigenvalue weighted by molar-refractivity contribution is 6.14. The summed E-state index contributed by atoms with van der Waals surface area (Å²) in [6, 6.07) is 61.1. The molecule has 0 spiro atoms. The molecule has 4 heteroatoms. The molecule has 8 aromatic carbocycles. The molecule has 2 aromatic heterocycles. The number of furan rings is 1. The predicted molar refractivity (Wildman–Crippen MR) is 209 cm³/mol. The van der Waals surface area contributed by atoms with E-state index in [1.165, 1.54) is 32.7 Å². The van der Waals surface area contributed by atoms with Gasteiger partial charge in [0.15, 0.2) is 17.5 Å². The molecule has 10 aromatic rings. The highest BCUT2D eigenvalue weighted by atomic mass is 16.3. The van der Waals surface area contributed by atoms with Crippen molar-refractivity contribution in [1.29, 1.82) is 0 Å². The van der Waals surface area contributed by atoms with Crippen LogP contribution in [-0.2, 0) is 0 Å². The molecular formula is C47H29N3O. The van der Waals surface area contributed by atoms with Crippen molar-refractivity contribution >= 4 is 43.5 Å². The van der Waals surface area contributed by atoms with Crippen LogP contribution in [0.4, 0.5) is 0 Å². The molecule has 0 aliphatic carbocycles. The number of hydrogen-bond donors (Lipinski definition) is 0. The van der Waals surface area contributed by atoms with E-state index < -0.39 is 0 Å². The lowest BCUT2D eigenvalue weighted by molar-refractivity contribution is 0.669. The summed E-state index contributed by atoms with van der Waals surface area (Å²) in [4.78, 5) is 15.3. The van der Waals surface area contributed by atoms with Crippen molar-refractivity contribution in [2.24, 2.45) is 0 Å². The van der Waals surface area contributed by atoms with Gasteiger partial charge in [0, 0.05) is 27.5 Å². The number of fused-ring (bicyclic) bond motifs is 6. The maximum atomic E-state index is 6.24. The fourth-order valence-corrected chi connectivity index (χ4v) is 7.25. The maximum absolute atomic E-state index is 6.24. The van der Waals surface area contributed by atoms with Gasteiger partial charge in [-0.3, -0.25) is 0 Å². The van der Waals surface area contributed by atoms with Crippen molar-refractivity contribution in [2.45, 2.75) is 0 Å². The molecule has 4 nitrogen and oxygen atoms in total. The van der Waals surface area contributed by atoms with E-state index in [9.17, 15) is 0 Å². The minimum Gasteiger partial charge on any atom is -0.456 e. The van der Waals surface area contributed by atoms with E-state index in [0.29, 0.717) is 17.5 Å². The number of benzene rings is 8. The minimum atomic E-state index is 0.601. The SMILES string of the molecule is c1ccc(-c2ccc(-c3nc(-c4ccc(-c5cc6ccccc6c6ccccc56)cc4)nc(-c4cccc5oc6ccccc6c45)n3)cc2)cc1. The molecule has 2 heterocycles. The molecule has 0 fully saturated rings. The number of aromatic nitrogens is 3. The van der Waals surface area contributed by atoms with Crippen LogP contribution in [0.1, 0.15) is 0 Å². The number of hydrogen-bond acceptors (Lipinski definition) is 4. The van der Waals surface area contributed by atoms with Gasteiger partial charge in [0.05, 0.1) is 0 Å². The molecule has 10 rings (SSSR count). The lowest BCUT2D eigenvalue weighted by Crippen LogP contribution is -2.00. The van der Waals surface area contributed by atoms with E-state index in [4.69, 9.17) is 19.4 Å². The van der Waals surface area contributed by atoms with Gasteiger partial charge in [-0.2, -0.15) is 0 Å². The van der Waals surface area contributed by atoms with Crippen molar-refractivity contribution in [3.8, 4) is 56.4 Å². The Balaban J connectivity index is 1.13. The van der Waals surface area contributed by atoms with E-state index in [-0.39, 0.29) is 0 Å². The molecule has 0 unspecified atom stereocenters. The van der Waals surface area contributed by atoms with Crippen LogP contribution in [-0.4, -0.2) is 15.0 Å². The van der Waals surface area contributed by atoms with Crippen LogP contribution < -0.4 is 0 Å². The Morgan fingerprint density at radius 1 is 0.314 bits per heavy atom. The Labute approximate surface area is 294 Å². The molecular weight excluding hydrogens is 623 g/mol. The van der Waals surface area contributed by atoms with Crippen LogP contribution in [0.3, 0.4) is 0 Å². The molecule has 0 N–H and O–H groups in total. The van der Waals surface area contributed by atoms with Gasteiger partial charge in [-0.25, -0.2) is 15.0 Å². The lowest BCUT2D eigenvalue weighted by Gasteiger charge is -2.12. The molecule has 0 saturated heterocycles. The Hall–Kier alpha value is -6.91. The minimum absolute atomic E-state index is 0.601. The summed E-state index contributed by atoms with van der Waals surface area (Å²) in [6.07, 6.45) is 0. The van der Waals surface area contributed by atoms with E-state index >= 15 is 0 Å². The summed E-state index contributed by atoms with van der Waals surface area (Å²) in [6.45, 7) is 0. The Bertz CT molecular complexity index is 2890. The molecule has 0 radical (unpaired) electrons. The fourth-order valence-electron chi connectivity index (χ4n) is 7.25. The highest BCUT2D eigenvalue weighted by Crippen LogP contribution is 2.38. The molecule has 51 heavy (non-hydrogen) atoms. The fraction of sp³-hybridized carbons (Fsp3) is 0. The summed E-state index contributed by atoms with van der Waals surface area (Å²) in [5.74, 6) is 1.83. The average Bonchev–Trinajstić information content (AvgIpc) is 3.60. The van der Waals surface area contributed by atoms with Crippen LogP contribution >= 0.6 is 0 Å². The van der Waals surface area contributed by atoms with Gasteiger partial charge in [-0.1, -0.05) is 158 Å². The van der Waals surface area contributed by atoms with Gasteiger partial charge < -0.3 is 4.42 Å². The predicted octanol–water partition coefficient (Wildman–Crippen LogP) is 12.4. The topological polar surface area (TPSA) is 51.8 Å². The number of nitrogens with zero attached hydrogens (tertiary/aromatic N) is 3. The second-order valence-electron chi connectivity index (χ2n) is 12.8. The molecule has 0 amide bonds. The first-order valence-corrected chi connectivity index (χ1v) is 17.1. The van der Waals surface area contributed by atoms with Crippen molar-refractivity contribution in [3.63, 3.8) is 0 Å². The summed E-state index contributed by atoms with van der Waals surface area (Å²) in [5, 5.41) is 6.99. The van der Waals surface area contributed by atoms with Crippen LogP contribution in [0.25, 0.3) is 99.9 Å². The summed E-state index contributed by atoms with van der Waals surface area (Å²) in [5.41, 5.74) is 9.02. The average molecular weight is 652 g/mol. The molecule has 0 atom stereocenters. The number of rotatable bonds is 5. The Kier molecular flexibility index (Phi) is 6.78. The third kappa shape index (κ3) is 5.04. The summed E-state index contributed by atoms with van der Waals surface area (Å²) in [7, 11) is 0. The number of para-hydroxylation sites is 1. The van der Waals surface area contributed by atoms with Crippen LogP contribution in [0.15, 0.2) is 180 Å². The Morgan fingerprint density at radius 3 is 1.59 bits per heavy atom. The van der Waals surface area contributed by atoms with Crippen LogP contribution in [0.5, 0.6) is 0 Å². The second kappa shape index (κ2) is 11.9. The first-order valence-electron chi connectivity index (χ1n) is 17.1. The molecule has 238 valence electrons. The zero-order valence-corrected chi connectivity index (χ0v) is 27.5. The lowest BCUT2D eigenvalue weighted by atomic mass is 9.93. The van der Waals surface area contributed by atoms with Crippen LogP contribution in [0, 0.1) is 0 Å². The van der Waals surface area contributed by atoms with E-state index in [2.05, 4.69) is 140 Å². The maximum Gasteiger partial charge on any atom is 0.164 e. The van der Waals surface area contributed by atoms with Gasteiger partial charge in [-0.05, 0) is 62.0 Å². The zero-order valence-electron chi connectivity index (χ0n) is 27.5. The summed E-state index contributed by atoms with van der Waals surface area (Å²) < 4.78 is 6.24. The van der Waals surface area contributed by atoms with Gasteiger partial charge >= 0.3 is 0 Å². The first-order chi connectivity index (χ1) is 25.3. The van der Waals surface area contributed by atoms with E-state index in [0.717, 1.165) is 49.8 Å². The molecule has 0 saturated carbocycles. The standard InChI is InChI=1S/C47H29N3O/c1-2-11-30(12-3-1)31-21-25-33(26-22-31)45-48-46(50-47(49-45)40-18-10-20-43-44(40)39-17-8-9-19-42(39)51-43)34-27-23-32(24-28-34)41-29-35-13-4-5-14-36(35)37-15-6-7-16-38(37)41/h1-29H. The monoisotopic (exact) mass is 651 g/mol. The van der Waals surface area contributed by atoms with Gasteiger partial charge in [0.25, 0.3) is 0 Å². The Morgan fingerprint density at radius 2 is 0.843 bits per heavy atom. The second-order valence-corrected chi connectivity index (χ2v) is 12.8. The largest absolute Gasteiger partial charge is 0.456 e. The third-order valence-corrected chi connectivity index (χ3v) is 9.75. The summed E-state index contributed by atoms with van der Waals surface area (Å²) >= 11 is 0. The third-order valence-electron chi connectivity index (χ3n) is 9.75. The van der Waals surface area contributed by atoms with Crippen LogP contribution in [0.2, 0.25) is 0 Å². The van der Waals surface area contributed by atoms with Crippen molar-refractivity contribution in [3.05, 3.63) is 176 Å². The van der Waals surface area contributed by atoms with Gasteiger partial charge in [-0.15, -0.1) is 0 Å². The molecule has 0 aliphatic rings. The highest BCUT2D eigenvalue weighted by Gasteiger charge is 2.18. The normalized spacial score (nSPS) is 11.5. The van der Waals surface area contributed by atoms with Crippen molar-refractivity contribution < 1.29 is 4.42 Å². The smallest absolute Gasteiger partial charge is 0.164 e. The van der Waals surface area contributed by atoms with Gasteiger partial charge in [0.2, 0.25) is 0 Å². The quantitative estimate of drug-likeness (QED) is 0.174. The van der Waals surface area contributed by atoms with Crippen molar-refractivity contribution in [1.82, 2.24) is 15.0 Å². The molecule has 0 aliphatic heterocycles. The van der Waals surface area contributed by atoms with E-state index in [1.807, 2.05) is 36.4 Å². The van der Waals surface area contributed by atoms with E-state index in [1.54, 1.807) is 0 Å². The first kappa shape index (κ1) is 29.0. The van der Waals surface area contributed by atoms with Crippen molar-refractivity contribution in [2.75, 3.05) is 0 Å². The van der Waals surface area contributed by atoms with Gasteiger partial charge in [0.1, 0.15) is 11.2 Å².